The third-order valence-electron chi connectivity index (χ3n) is 2.21. The van der Waals surface area contributed by atoms with Crippen LogP contribution in [0.25, 0.3) is 0 Å². The van der Waals surface area contributed by atoms with Crippen molar-refractivity contribution in [2.75, 3.05) is 7.11 Å². The summed E-state index contributed by atoms with van der Waals surface area (Å²) in [6.45, 7) is 0. The standard InChI is InChI=1S/C9H12N2O/c1-12-6-2-3-11-9(4-6)7-5-8(7)10/h2-4,7-8H,5,10H2,1H3. The smallest absolute Gasteiger partial charge is 0.122 e. The summed E-state index contributed by atoms with van der Waals surface area (Å²) in [5.41, 5.74) is 6.77. The Balaban J connectivity index is 2.21. The minimum absolute atomic E-state index is 0.310. The Labute approximate surface area is 71.6 Å². The second kappa shape index (κ2) is 2.75. The number of aromatic nitrogens is 1. The minimum atomic E-state index is 0.310. The predicted octanol–water partition coefficient (Wildman–Crippen LogP) is 0.905. The molecule has 2 N–H and O–H groups in total. The Kier molecular flexibility index (Phi) is 1.73. The Bertz CT molecular complexity index is 288. The molecule has 0 bridgehead atoms. The van der Waals surface area contributed by atoms with Crippen LogP contribution < -0.4 is 10.5 Å². The molecule has 64 valence electrons. The first-order chi connectivity index (χ1) is 5.81. The number of rotatable bonds is 2. The largest absolute Gasteiger partial charge is 0.497 e. The van der Waals surface area contributed by atoms with Gasteiger partial charge in [-0.2, -0.15) is 0 Å². The van der Waals surface area contributed by atoms with E-state index in [1.165, 1.54) is 0 Å². The van der Waals surface area contributed by atoms with E-state index < -0.39 is 0 Å². The fourth-order valence-electron chi connectivity index (χ4n) is 1.31. The molecule has 1 aromatic rings. The Morgan fingerprint density at radius 3 is 3.00 bits per heavy atom. The number of hydrogen-bond acceptors (Lipinski definition) is 3. The van der Waals surface area contributed by atoms with Gasteiger partial charge in [-0.25, -0.2) is 0 Å². The second-order valence-electron chi connectivity index (χ2n) is 3.13. The average molecular weight is 164 g/mol. The number of nitrogens with zero attached hydrogens (tertiary/aromatic N) is 1. The maximum absolute atomic E-state index is 5.71. The van der Waals surface area contributed by atoms with Crippen molar-refractivity contribution in [2.24, 2.45) is 5.73 Å². The SMILES string of the molecule is COc1ccnc(C2CC2N)c1. The Morgan fingerprint density at radius 1 is 1.67 bits per heavy atom. The Morgan fingerprint density at radius 2 is 2.42 bits per heavy atom. The van der Waals surface area contributed by atoms with Gasteiger partial charge < -0.3 is 10.5 Å². The van der Waals surface area contributed by atoms with E-state index in [0.29, 0.717) is 12.0 Å². The molecule has 0 aromatic carbocycles. The van der Waals surface area contributed by atoms with Gasteiger partial charge in [0.1, 0.15) is 5.75 Å². The zero-order valence-electron chi connectivity index (χ0n) is 7.03. The van der Waals surface area contributed by atoms with Crippen LogP contribution in [0.5, 0.6) is 5.75 Å². The monoisotopic (exact) mass is 164 g/mol. The van der Waals surface area contributed by atoms with Gasteiger partial charge in [-0.3, -0.25) is 4.98 Å². The summed E-state index contributed by atoms with van der Waals surface area (Å²) in [5.74, 6) is 1.32. The van der Waals surface area contributed by atoms with E-state index in [-0.39, 0.29) is 0 Å². The highest BCUT2D eigenvalue weighted by atomic mass is 16.5. The van der Waals surface area contributed by atoms with Gasteiger partial charge in [0.15, 0.2) is 0 Å². The van der Waals surface area contributed by atoms with Crippen molar-refractivity contribution in [1.29, 1.82) is 0 Å². The lowest BCUT2D eigenvalue weighted by molar-refractivity contribution is 0.413. The van der Waals surface area contributed by atoms with Gasteiger partial charge in [0.2, 0.25) is 0 Å². The van der Waals surface area contributed by atoms with Crippen LogP contribution in [0.1, 0.15) is 18.0 Å². The van der Waals surface area contributed by atoms with Crippen LogP contribution in [0.4, 0.5) is 0 Å². The molecule has 3 heteroatoms. The normalized spacial score (nSPS) is 26.8. The van der Waals surface area contributed by atoms with Crippen molar-refractivity contribution < 1.29 is 4.74 Å². The molecule has 12 heavy (non-hydrogen) atoms. The van der Waals surface area contributed by atoms with Crippen molar-refractivity contribution in [2.45, 2.75) is 18.4 Å². The molecule has 2 rings (SSSR count). The number of nitrogens with two attached hydrogens (primary N) is 1. The molecule has 1 aliphatic rings. The lowest BCUT2D eigenvalue weighted by atomic mass is 10.2. The molecule has 1 fully saturated rings. The van der Waals surface area contributed by atoms with Crippen LogP contribution in [0.15, 0.2) is 18.3 Å². The van der Waals surface area contributed by atoms with E-state index in [4.69, 9.17) is 10.5 Å². The maximum atomic E-state index is 5.71. The average Bonchev–Trinajstić information content (AvgIpc) is 2.83. The van der Waals surface area contributed by atoms with Crippen LogP contribution in [0.3, 0.4) is 0 Å². The summed E-state index contributed by atoms with van der Waals surface area (Å²) < 4.78 is 5.09. The third kappa shape index (κ3) is 1.28. The second-order valence-corrected chi connectivity index (χ2v) is 3.13. The van der Waals surface area contributed by atoms with Gasteiger partial charge in [0.05, 0.1) is 7.11 Å². The lowest BCUT2D eigenvalue weighted by Crippen LogP contribution is -2.02. The van der Waals surface area contributed by atoms with Gasteiger partial charge in [0.25, 0.3) is 0 Å². The first-order valence-corrected chi connectivity index (χ1v) is 4.07. The fourth-order valence-corrected chi connectivity index (χ4v) is 1.31. The van der Waals surface area contributed by atoms with Gasteiger partial charge in [-0.1, -0.05) is 0 Å². The topological polar surface area (TPSA) is 48.1 Å². The van der Waals surface area contributed by atoms with E-state index in [1.807, 2.05) is 12.1 Å². The first kappa shape index (κ1) is 7.55. The highest BCUT2D eigenvalue weighted by Crippen LogP contribution is 2.38. The van der Waals surface area contributed by atoms with E-state index in [1.54, 1.807) is 13.3 Å². The highest BCUT2D eigenvalue weighted by molar-refractivity contribution is 5.28. The van der Waals surface area contributed by atoms with Crippen LogP contribution in [-0.2, 0) is 0 Å². The molecule has 0 spiro atoms. The van der Waals surface area contributed by atoms with Crippen LogP contribution in [-0.4, -0.2) is 18.1 Å². The minimum Gasteiger partial charge on any atom is -0.497 e. The van der Waals surface area contributed by atoms with Crippen molar-refractivity contribution in [1.82, 2.24) is 4.98 Å². The van der Waals surface area contributed by atoms with Crippen LogP contribution in [0, 0.1) is 0 Å². The molecular weight excluding hydrogens is 152 g/mol. The number of hydrogen-bond donors (Lipinski definition) is 1. The molecule has 0 amide bonds. The number of ether oxygens (including phenoxy) is 1. The predicted molar refractivity (Wildman–Crippen MR) is 46.1 cm³/mol. The molecular formula is C9H12N2O. The van der Waals surface area contributed by atoms with Gasteiger partial charge in [-0.05, 0) is 12.5 Å². The van der Waals surface area contributed by atoms with Gasteiger partial charge in [0, 0.05) is 29.9 Å². The summed E-state index contributed by atoms with van der Waals surface area (Å²) in [6, 6.07) is 4.11. The Hall–Kier alpha value is -1.09. The van der Waals surface area contributed by atoms with Gasteiger partial charge >= 0.3 is 0 Å². The van der Waals surface area contributed by atoms with Crippen LogP contribution in [0.2, 0.25) is 0 Å². The van der Waals surface area contributed by atoms with Crippen molar-refractivity contribution in [3.05, 3.63) is 24.0 Å². The first-order valence-electron chi connectivity index (χ1n) is 4.07. The zero-order chi connectivity index (χ0) is 8.55. The third-order valence-corrected chi connectivity index (χ3v) is 2.21. The summed E-state index contributed by atoms with van der Waals surface area (Å²) in [6.07, 6.45) is 2.82. The molecule has 3 nitrogen and oxygen atoms in total. The molecule has 0 saturated heterocycles. The number of methoxy groups -OCH3 is 1. The molecule has 0 aliphatic heterocycles. The summed E-state index contributed by atoms with van der Waals surface area (Å²) in [4.78, 5) is 4.24. The molecule has 1 aromatic heterocycles. The summed E-state index contributed by atoms with van der Waals surface area (Å²) >= 11 is 0. The van der Waals surface area contributed by atoms with E-state index in [2.05, 4.69) is 4.98 Å². The molecule has 1 aliphatic carbocycles. The highest BCUT2D eigenvalue weighted by Gasteiger charge is 2.36. The zero-order valence-corrected chi connectivity index (χ0v) is 7.03. The molecule has 2 atom stereocenters. The van der Waals surface area contributed by atoms with Crippen LogP contribution >= 0.6 is 0 Å². The molecule has 0 radical (unpaired) electrons. The van der Waals surface area contributed by atoms with Crippen molar-refractivity contribution in [3.63, 3.8) is 0 Å². The quantitative estimate of drug-likeness (QED) is 0.706. The van der Waals surface area contributed by atoms with E-state index in [0.717, 1.165) is 17.9 Å². The fraction of sp³-hybridized carbons (Fsp3) is 0.444. The maximum Gasteiger partial charge on any atom is 0.122 e. The molecule has 2 unspecified atom stereocenters. The molecule has 1 heterocycles. The summed E-state index contributed by atoms with van der Waals surface area (Å²) in [7, 11) is 1.66. The summed E-state index contributed by atoms with van der Waals surface area (Å²) in [5, 5.41) is 0. The van der Waals surface area contributed by atoms with Gasteiger partial charge in [-0.15, -0.1) is 0 Å². The van der Waals surface area contributed by atoms with E-state index >= 15 is 0 Å². The van der Waals surface area contributed by atoms with E-state index in [9.17, 15) is 0 Å². The van der Waals surface area contributed by atoms with Crippen molar-refractivity contribution >= 4 is 0 Å². The lowest BCUT2D eigenvalue weighted by Gasteiger charge is -2.01. The molecule has 1 saturated carbocycles. The van der Waals surface area contributed by atoms with Crippen molar-refractivity contribution in [3.8, 4) is 5.75 Å². The number of pyridine rings is 1.